The van der Waals surface area contributed by atoms with Crippen LogP contribution in [-0.2, 0) is 13.1 Å². The molecule has 3 heteroatoms. The number of hydrogen-bond donors (Lipinski definition) is 1. The molecule has 1 aromatic rings. The fraction of sp³-hybridized carbons (Fsp3) is 0.778. The minimum absolute atomic E-state index is 0.538. The minimum atomic E-state index is 0.538. The molecule has 0 atom stereocenters. The summed E-state index contributed by atoms with van der Waals surface area (Å²) in [6.07, 6.45) is 4.06. The van der Waals surface area contributed by atoms with E-state index >= 15 is 0 Å². The molecule has 21 heavy (non-hydrogen) atoms. The molecule has 0 amide bonds. The first-order chi connectivity index (χ1) is 9.94. The molecule has 1 aromatic heterocycles. The number of nitrogens with zero attached hydrogens (tertiary/aromatic N) is 1. The Morgan fingerprint density at radius 2 is 1.95 bits per heavy atom. The van der Waals surface area contributed by atoms with Crippen LogP contribution in [0.1, 0.15) is 56.7 Å². The van der Waals surface area contributed by atoms with Gasteiger partial charge in [0.25, 0.3) is 0 Å². The summed E-state index contributed by atoms with van der Waals surface area (Å²) in [6.45, 7) is 15.1. The second-order valence-corrected chi connectivity index (χ2v) is 8.94. The van der Waals surface area contributed by atoms with Crippen molar-refractivity contribution in [1.82, 2.24) is 10.2 Å². The molecule has 0 aliphatic carbocycles. The lowest BCUT2D eigenvalue weighted by Crippen LogP contribution is -2.24. The first-order valence-electron chi connectivity index (χ1n) is 8.45. The summed E-state index contributed by atoms with van der Waals surface area (Å²) in [7, 11) is 0. The Morgan fingerprint density at radius 1 is 1.19 bits per heavy atom. The average molecular weight is 309 g/mol. The maximum Gasteiger partial charge on any atom is 0.0328 e. The van der Waals surface area contributed by atoms with Crippen LogP contribution in [0.15, 0.2) is 12.1 Å². The Morgan fingerprint density at radius 3 is 2.71 bits per heavy atom. The molecule has 2 rings (SSSR count). The lowest BCUT2D eigenvalue weighted by atomic mass is 9.85. The van der Waals surface area contributed by atoms with E-state index < -0.39 is 0 Å². The second kappa shape index (κ2) is 7.75. The first kappa shape index (κ1) is 17.0. The highest BCUT2D eigenvalue weighted by Crippen LogP contribution is 2.30. The normalized spacial score (nSPS) is 19.9. The van der Waals surface area contributed by atoms with Crippen LogP contribution in [0.3, 0.4) is 0 Å². The summed E-state index contributed by atoms with van der Waals surface area (Å²) in [5.74, 6) is 0.727. The smallest absolute Gasteiger partial charge is 0.0328 e. The van der Waals surface area contributed by atoms with Crippen molar-refractivity contribution in [3.05, 3.63) is 21.9 Å². The van der Waals surface area contributed by atoms with Crippen molar-refractivity contribution >= 4 is 11.3 Å². The Bertz CT molecular complexity index is 423. The maximum absolute atomic E-state index is 3.54. The molecule has 1 saturated heterocycles. The van der Waals surface area contributed by atoms with Crippen LogP contribution in [0, 0.1) is 11.3 Å². The van der Waals surface area contributed by atoms with E-state index in [-0.39, 0.29) is 0 Å². The van der Waals surface area contributed by atoms with Crippen LogP contribution in [0.25, 0.3) is 0 Å². The van der Waals surface area contributed by atoms with E-state index in [0.29, 0.717) is 5.41 Å². The van der Waals surface area contributed by atoms with Crippen LogP contribution in [0.2, 0.25) is 0 Å². The number of hydrogen-bond acceptors (Lipinski definition) is 3. The van der Waals surface area contributed by atoms with Crippen molar-refractivity contribution in [2.24, 2.45) is 11.3 Å². The minimum Gasteiger partial charge on any atom is -0.312 e. The third-order valence-corrected chi connectivity index (χ3v) is 5.45. The van der Waals surface area contributed by atoms with Gasteiger partial charge in [-0.3, -0.25) is 4.90 Å². The van der Waals surface area contributed by atoms with E-state index in [9.17, 15) is 0 Å². The largest absolute Gasteiger partial charge is 0.312 e. The summed E-state index contributed by atoms with van der Waals surface area (Å²) < 4.78 is 0. The average Bonchev–Trinajstić information content (AvgIpc) is 2.75. The van der Waals surface area contributed by atoms with Gasteiger partial charge in [0.05, 0.1) is 0 Å². The lowest BCUT2D eigenvalue weighted by molar-refractivity contribution is 0.257. The molecule has 2 heterocycles. The van der Waals surface area contributed by atoms with Gasteiger partial charge in [0, 0.05) is 22.8 Å². The van der Waals surface area contributed by atoms with E-state index in [4.69, 9.17) is 0 Å². The molecule has 2 nitrogen and oxygen atoms in total. The van der Waals surface area contributed by atoms with E-state index in [0.717, 1.165) is 25.6 Å². The quantitative estimate of drug-likeness (QED) is 0.832. The van der Waals surface area contributed by atoms with E-state index in [1.165, 1.54) is 42.1 Å². The fourth-order valence-electron chi connectivity index (χ4n) is 2.94. The number of rotatable bonds is 6. The summed E-state index contributed by atoms with van der Waals surface area (Å²) in [5, 5.41) is 3.54. The van der Waals surface area contributed by atoms with Crippen molar-refractivity contribution in [3.8, 4) is 0 Å². The second-order valence-electron chi connectivity index (χ2n) is 7.69. The van der Waals surface area contributed by atoms with Crippen molar-refractivity contribution in [2.75, 3.05) is 19.6 Å². The SMILES string of the molecule is CC(C)CNCc1ccc(CN2CCCC(C)(C)CC2)s1. The summed E-state index contributed by atoms with van der Waals surface area (Å²) in [5.41, 5.74) is 0.538. The number of nitrogens with one attached hydrogen (secondary N) is 1. The van der Waals surface area contributed by atoms with E-state index in [2.05, 4.69) is 50.0 Å². The van der Waals surface area contributed by atoms with Crippen molar-refractivity contribution in [2.45, 2.75) is 60.0 Å². The maximum atomic E-state index is 3.54. The highest BCUT2D eigenvalue weighted by atomic mass is 32.1. The van der Waals surface area contributed by atoms with Crippen LogP contribution >= 0.6 is 11.3 Å². The molecule has 120 valence electrons. The predicted octanol–water partition coefficient (Wildman–Crippen LogP) is 4.51. The highest BCUT2D eigenvalue weighted by molar-refractivity contribution is 7.11. The fourth-order valence-corrected chi connectivity index (χ4v) is 3.97. The Labute approximate surface area is 134 Å². The molecule has 1 aliphatic heterocycles. The molecular weight excluding hydrogens is 276 g/mol. The zero-order valence-electron chi connectivity index (χ0n) is 14.2. The lowest BCUT2D eigenvalue weighted by Gasteiger charge is -2.22. The molecule has 0 unspecified atom stereocenters. The van der Waals surface area contributed by atoms with Crippen LogP contribution in [0.4, 0.5) is 0 Å². The zero-order chi connectivity index (χ0) is 15.3. The Kier molecular flexibility index (Phi) is 6.27. The molecular formula is C18H32N2S. The molecule has 0 spiro atoms. The van der Waals surface area contributed by atoms with Crippen molar-refractivity contribution in [1.29, 1.82) is 0 Å². The van der Waals surface area contributed by atoms with E-state index in [1.807, 2.05) is 11.3 Å². The molecule has 1 N–H and O–H groups in total. The van der Waals surface area contributed by atoms with Crippen LogP contribution in [-0.4, -0.2) is 24.5 Å². The van der Waals surface area contributed by atoms with Gasteiger partial charge in [0.2, 0.25) is 0 Å². The van der Waals surface area contributed by atoms with Gasteiger partial charge in [-0.15, -0.1) is 11.3 Å². The molecule has 0 saturated carbocycles. The number of thiophene rings is 1. The van der Waals surface area contributed by atoms with Gasteiger partial charge in [0.1, 0.15) is 0 Å². The van der Waals surface area contributed by atoms with Gasteiger partial charge < -0.3 is 5.32 Å². The predicted molar refractivity (Wildman–Crippen MR) is 93.8 cm³/mol. The first-order valence-corrected chi connectivity index (χ1v) is 9.27. The van der Waals surface area contributed by atoms with Gasteiger partial charge in [-0.1, -0.05) is 27.7 Å². The zero-order valence-corrected chi connectivity index (χ0v) is 15.1. The summed E-state index contributed by atoms with van der Waals surface area (Å²) in [6, 6.07) is 4.63. The molecule has 1 fully saturated rings. The number of likely N-dealkylation sites (tertiary alicyclic amines) is 1. The monoisotopic (exact) mass is 308 g/mol. The van der Waals surface area contributed by atoms with Gasteiger partial charge in [0.15, 0.2) is 0 Å². The van der Waals surface area contributed by atoms with Gasteiger partial charge in [-0.2, -0.15) is 0 Å². The third-order valence-electron chi connectivity index (χ3n) is 4.38. The van der Waals surface area contributed by atoms with E-state index in [1.54, 1.807) is 0 Å². The highest BCUT2D eigenvalue weighted by Gasteiger charge is 2.23. The molecule has 0 bridgehead atoms. The van der Waals surface area contributed by atoms with Gasteiger partial charge in [-0.05, 0) is 62.4 Å². The van der Waals surface area contributed by atoms with Crippen LogP contribution in [0.5, 0.6) is 0 Å². The van der Waals surface area contributed by atoms with Gasteiger partial charge in [-0.25, -0.2) is 0 Å². The third kappa shape index (κ3) is 6.09. The summed E-state index contributed by atoms with van der Waals surface area (Å²) in [4.78, 5) is 5.64. The standard InChI is InChI=1S/C18H32N2S/c1-15(2)12-19-13-16-6-7-17(21-16)14-20-10-5-8-18(3,4)9-11-20/h6-7,15,19H,5,8-14H2,1-4H3. The van der Waals surface area contributed by atoms with Crippen LogP contribution < -0.4 is 5.32 Å². The Balaban J connectivity index is 1.79. The summed E-state index contributed by atoms with van der Waals surface area (Å²) >= 11 is 1.98. The molecule has 0 aromatic carbocycles. The topological polar surface area (TPSA) is 15.3 Å². The van der Waals surface area contributed by atoms with Crippen molar-refractivity contribution in [3.63, 3.8) is 0 Å². The molecule has 0 radical (unpaired) electrons. The van der Waals surface area contributed by atoms with Gasteiger partial charge >= 0.3 is 0 Å². The van der Waals surface area contributed by atoms with Crippen molar-refractivity contribution < 1.29 is 0 Å². The molecule has 1 aliphatic rings. The Hall–Kier alpha value is -0.380.